The van der Waals surface area contributed by atoms with E-state index >= 15 is 0 Å². The summed E-state index contributed by atoms with van der Waals surface area (Å²) >= 11 is 0. The van der Waals surface area contributed by atoms with Gasteiger partial charge in [-0.25, -0.2) is 4.79 Å². The second-order valence-corrected chi connectivity index (χ2v) is 5.71. The van der Waals surface area contributed by atoms with Crippen LogP contribution in [0.4, 0.5) is 5.69 Å². The molecule has 0 radical (unpaired) electrons. The van der Waals surface area contributed by atoms with Crippen LogP contribution in [-0.4, -0.2) is 33.2 Å². The number of hydrogen-bond donors (Lipinski definition) is 1. The van der Waals surface area contributed by atoms with E-state index in [1.54, 1.807) is 38.5 Å². The number of amides is 1. The van der Waals surface area contributed by atoms with E-state index in [0.29, 0.717) is 29.2 Å². The third-order valence-electron chi connectivity index (χ3n) is 4.32. The van der Waals surface area contributed by atoms with Crippen LogP contribution in [0.1, 0.15) is 33.8 Å². The first kappa shape index (κ1) is 16.8. The van der Waals surface area contributed by atoms with Crippen molar-refractivity contribution in [3.8, 4) is 11.5 Å². The molecule has 0 spiro atoms. The molecule has 6 heteroatoms. The van der Waals surface area contributed by atoms with Gasteiger partial charge in [0.2, 0.25) is 5.91 Å². The number of hydrogen-bond acceptors (Lipinski definition) is 5. The monoisotopic (exact) mass is 341 g/mol. The summed E-state index contributed by atoms with van der Waals surface area (Å²) in [4.78, 5) is 23.8. The highest BCUT2D eigenvalue weighted by atomic mass is 16.5. The Morgan fingerprint density at radius 1 is 1.08 bits per heavy atom. The molecule has 1 atom stereocenters. The average Bonchev–Trinajstić information content (AvgIpc) is 2.65. The lowest BCUT2D eigenvalue weighted by molar-refractivity contribution is -0.116. The first-order valence-corrected chi connectivity index (χ1v) is 7.81. The minimum atomic E-state index is -0.393. The number of esters is 1. The second kappa shape index (κ2) is 6.84. The number of methoxy groups -OCH3 is 3. The van der Waals surface area contributed by atoms with E-state index < -0.39 is 5.97 Å². The maximum atomic E-state index is 12.2. The molecule has 1 aliphatic heterocycles. The van der Waals surface area contributed by atoms with E-state index in [9.17, 15) is 9.59 Å². The van der Waals surface area contributed by atoms with Gasteiger partial charge in [-0.1, -0.05) is 12.1 Å². The van der Waals surface area contributed by atoms with E-state index in [2.05, 4.69) is 5.32 Å². The summed E-state index contributed by atoms with van der Waals surface area (Å²) in [5, 5.41) is 2.87. The van der Waals surface area contributed by atoms with Crippen molar-refractivity contribution in [1.82, 2.24) is 0 Å². The molecule has 0 fully saturated rings. The van der Waals surface area contributed by atoms with Crippen molar-refractivity contribution in [2.24, 2.45) is 0 Å². The maximum Gasteiger partial charge on any atom is 0.337 e. The fraction of sp³-hybridized carbons (Fsp3) is 0.263. The van der Waals surface area contributed by atoms with Crippen molar-refractivity contribution in [3.63, 3.8) is 0 Å². The predicted molar refractivity (Wildman–Crippen MR) is 92.4 cm³/mol. The van der Waals surface area contributed by atoms with Crippen molar-refractivity contribution in [2.45, 2.75) is 12.3 Å². The lowest BCUT2D eigenvalue weighted by Crippen LogP contribution is -2.24. The van der Waals surface area contributed by atoms with Crippen molar-refractivity contribution in [2.75, 3.05) is 26.6 Å². The topological polar surface area (TPSA) is 73.9 Å². The van der Waals surface area contributed by atoms with Crippen molar-refractivity contribution >= 4 is 17.6 Å². The zero-order valence-corrected chi connectivity index (χ0v) is 14.3. The van der Waals surface area contributed by atoms with Crippen molar-refractivity contribution in [3.05, 3.63) is 53.1 Å². The summed E-state index contributed by atoms with van der Waals surface area (Å²) in [6, 6.07) is 10.6. The number of rotatable bonds is 4. The SMILES string of the molecule is COC(=O)c1ccc(C2CC(=O)Nc3cc(OC)cc(OC)c32)cc1. The summed E-state index contributed by atoms with van der Waals surface area (Å²) in [6.07, 6.45) is 0.299. The Labute approximate surface area is 145 Å². The molecule has 25 heavy (non-hydrogen) atoms. The van der Waals surface area contributed by atoms with Crippen LogP contribution in [-0.2, 0) is 9.53 Å². The van der Waals surface area contributed by atoms with Crippen LogP contribution < -0.4 is 14.8 Å². The first-order chi connectivity index (χ1) is 12.1. The molecular formula is C19H19NO5. The summed E-state index contributed by atoms with van der Waals surface area (Å²) in [5.74, 6) is 0.616. The number of ether oxygens (including phenoxy) is 3. The van der Waals surface area contributed by atoms with Gasteiger partial charge in [0.1, 0.15) is 11.5 Å². The highest BCUT2D eigenvalue weighted by Gasteiger charge is 2.30. The van der Waals surface area contributed by atoms with Crippen LogP contribution in [0.5, 0.6) is 11.5 Å². The molecule has 0 aliphatic carbocycles. The largest absolute Gasteiger partial charge is 0.497 e. The Balaban J connectivity index is 2.07. The van der Waals surface area contributed by atoms with E-state index in [-0.39, 0.29) is 11.8 Å². The van der Waals surface area contributed by atoms with Crippen LogP contribution >= 0.6 is 0 Å². The highest BCUT2D eigenvalue weighted by molar-refractivity contribution is 5.96. The highest BCUT2D eigenvalue weighted by Crippen LogP contribution is 2.44. The average molecular weight is 341 g/mol. The molecular weight excluding hydrogens is 322 g/mol. The fourth-order valence-electron chi connectivity index (χ4n) is 3.09. The minimum Gasteiger partial charge on any atom is -0.497 e. The number of carbonyl (C=O) groups excluding carboxylic acids is 2. The summed E-state index contributed by atoms with van der Waals surface area (Å²) in [6.45, 7) is 0. The first-order valence-electron chi connectivity index (χ1n) is 7.81. The normalized spacial score (nSPS) is 15.8. The third-order valence-corrected chi connectivity index (χ3v) is 4.32. The molecule has 0 saturated carbocycles. The van der Waals surface area contributed by atoms with E-state index in [0.717, 1.165) is 11.1 Å². The molecule has 0 saturated heterocycles. The smallest absolute Gasteiger partial charge is 0.337 e. The lowest BCUT2D eigenvalue weighted by Gasteiger charge is -2.28. The quantitative estimate of drug-likeness (QED) is 0.866. The van der Waals surface area contributed by atoms with Gasteiger partial charge in [-0.3, -0.25) is 4.79 Å². The zero-order valence-electron chi connectivity index (χ0n) is 14.3. The van der Waals surface area contributed by atoms with E-state index in [1.165, 1.54) is 7.11 Å². The molecule has 1 N–H and O–H groups in total. The van der Waals surface area contributed by atoms with Gasteiger partial charge >= 0.3 is 5.97 Å². The number of fused-ring (bicyclic) bond motifs is 1. The third kappa shape index (κ3) is 3.15. The fourth-order valence-corrected chi connectivity index (χ4v) is 3.09. The molecule has 1 unspecified atom stereocenters. The summed E-state index contributed by atoms with van der Waals surface area (Å²) < 4.78 is 15.5. The predicted octanol–water partition coefficient (Wildman–Crippen LogP) is 2.96. The van der Waals surface area contributed by atoms with E-state index in [1.807, 2.05) is 12.1 Å². The molecule has 1 aliphatic rings. The van der Waals surface area contributed by atoms with Gasteiger partial charge < -0.3 is 19.5 Å². The number of carbonyl (C=O) groups is 2. The Hall–Kier alpha value is -3.02. The Morgan fingerprint density at radius 3 is 2.40 bits per heavy atom. The van der Waals surface area contributed by atoms with Crippen LogP contribution in [0.3, 0.4) is 0 Å². The van der Waals surface area contributed by atoms with Crippen molar-refractivity contribution in [1.29, 1.82) is 0 Å². The molecule has 3 rings (SSSR count). The molecule has 2 aromatic carbocycles. The Bertz CT molecular complexity index is 813. The summed E-state index contributed by atoms with van der Waals surface area (Å²) in [7, 11) is 4.49. The van der Waals surface area contributed by atoms with Crippen molar-refractivity contribution < 1.29 is 23.8 Å². The maximum absolute atomic E-state index is 12.2. The molecule has 6 nitrogen and oxygen atoms in total. The van der Waals surface area contributed by atoms with Crippen LogP contribution in [0, 0.1) is 0 Å². The molecule has 1 heterocycles. The molecule has 2 aromatic rings. The van der Waals surface area contributed by atoms with Crippen LogP contribution in [0.25, 0.3) is 0 Å². The molecule has 0 aromatic heterocycles. The lowest BCUT2D eigenvalue weighted by atomic mass is 9.83. The van der Waals surface area contributed by atoms with Gasteiger partial charge in [-0.15, -0.1) is 0 Å². The standard InChI is InChI=1S/C19H19NO5/c1-23-13-8-15-18(16(9-13)24-2)14(10-17(21)20-15)11-4-6-12(7-5-11)19(22)25-3/h4-9,14H,10H2,1-3H3,(H,20,21). The van der Waals surface area contributed by atoms with Crippen LogP contribution in [0.15, 0.2) is 36.4 Å². The van der Waals surface area contributed by atoms with Gasteiger partial charge in [-0.05, 0) is 17.7 Å². The number of nitrogens with one attached hydrogen (secondary N) is 1. The zero-order chi connectivity index (χ0) is 18.0. The second-order valence-electron chi connectivity index (χ2n) is 5.71. The van der Waals surface area contributed by atoms with Gasteiger partial charge in [0.15, 0.2) is 0 Å². The van der Waals surface area contributed by atoms with Gasteiger partial charge in [0.25, 0.3) is 0 Å². The van der Waals surface area contributed by atoms with Gasteiger partial charge in [0, 0.05) is 30.0 Å². The number of anilines is 1. The van der Waals surface area contributed by atoms with Gasteiger partial charge in [0.05, 0.1) is 32.6 Å². The number of benzene rings is 2. The molecule has 1 amide bonds. The minimum absolute atomic E-state index is 0.0788. The summed E-state index contributed by atoms with van der Waals surface area (Å²) in [5.41, 5.74) is 2.96. The van der Waals surface area contributed by atoms with E-state index in [4.69, 9.17) is 14.2 Å². The Kier molecular flexibility index (Phi) is 4.61. The van der Waals surface area contributed by atoms with Gasteiger partial charge in [-0.2, -0.15) is 0 Å². The van der Waals surface area contributed by atoms with Crippen LogP contribution in [0.2, 0.25) is 0 Å². The molecule has 0 bridgehead atoms. The Morgan fingerprint density at radius 2 is 1.80 bits per heavy atom. The molecule has 130 valence electrons.